The van der Waals surface area contributed by atoms with E-state index in [2.05, 4.69) is 4.98 Å². The lowest BCUT2D eigenvalue weighted by molar-refractivity contribution is 0.102. The van der Waals surface area contributed by atoms with Gasteiger partial charge in [-0.1, -0.05) is 0 Å². The first-order valence-electron chi connectivity index (χ1n) is 5.44. The van der Waals surface area contributed by atoms with Crippen LogP contribution in [0, 0.1) is 11.6 Å². The van der Waals surface area contributed by atoms with Gasteiger partial charge in [0.2, 0.25) is 0 Å². The molecule has 2 aromatic rings. The molecule has 0 saturated carbocycles. The fraction of sp³-hybridized carbons (Fsp3) is 0. The van der Waals surface area contributed by atoms with Crippen LogP contribution in [0.15, 0.2) is 41.6 Å². The molecule has 0 bridgehead atoms. The normalized spacial score (nSPS) is 11.2. The van der Waals surface area contributed by atoms with Crippen molar-refractivity contribution < 1.29 is 22.0 Å². The average Bonchev–Trinajstić information content (AvgIpc) is 2.42. The van der Waals surface area contributed by atoms with Gasteiger partial charge in [0, 0.05) is 23.1 Å². The van der Waals surface area contributed by atoms with E-state index < -0.39 is 37.2 Å². The summed E-state index contributed by atoms with van der Waals surface area (Å²) in [6.07, 6.45) is 2.64. The van der Waals surface area contributed by atoms with Crippen LogP contribution in [0.2, 0.25) is 0 Å². The van der Waals surface area contributed by atoms with Gasteiger partial charge in [-0.25, -0.2) is 17.2 Å². The lowest BCUT2D eigenvalue weighted by atomic mass is 10.2. The minimum absolute atomic E-state index is 0.0883. The van der Waals surface area contributed by atoms with Crippen LogP contribution in [0.3, 0.4) is 0 Å². The van der Waals surface area contributed by atoms with Gasteiger partial charge < -0.3 is 5.32 Å². The Labute approximate surface area is 123 Å². The van der Waals surface area contributed by atoms with Crippen molar-refractivity contribution in [2.24, 2.45) is 0 Å². The summed E-state index contributed by atoms with van der Waals surface area (Å²) in [5, 5.41) is 2.01. The molecule has 9 heteroatoms. The number of aromatic nitrogens is 1. The van der Waals surface area contributed by atoms with Crippen molar-refractivity contribution in [2.45, 2.75) is 4.90 Å². The number of amides is 1. The van der Waals surface area contributed by atoms with Crippen molar-refractivity contribution in [3.63, 3.8) is 0 Å². The summed E-state index contributed by atoms with van der Waals surface area (Å²) in [6.45, 7) is 0. The summed E-state index contributed by atoms with van der Waals surface area (Å²) >= 11 is 0. The number of carbonyl (C=O) groups is 1. The summed E-state index contributed by atoms with van der Waals surface area (Å²) in [4.78, 5) is 14.7. The highest BCUT2D eigenvalue weighted by Gasteiger charge is 2.19. The molecule has 0 saturated heterocycles. The molecule has 110 valence electrons. The number of rotatable bonds is 3. The second-order valence-corrected chi connectivity index (χ2v) is 6.46. The number of carbonyl (C=O) groups excluding carboxylic acids is 1. The van der Waals surface area contributed by atoms with Gasteiger partial charge in [-0.05, 0) is 24.3 Å². The van der Waals surface area contributed by atoms with Gasteiger partial charge in [0.05, 0.1) is 10.5 Å². The van der Waals surface area contributed by atoms with E-state index in [-0.39, 0.29) is 5.56 Å². The third-order valence-electron chi connectivity index (χ3n) is 2.46. The number of nitrogens with zero attached hydrogens (tertiary/aromatic N) is 1. The highest BCUT2D eigenvalue weighted by atomic mass is 35.7. The fourth-order valence-electron chi connectivity index (χ4n) is 1.49. The van der Waals surface area contributed by atoms with Crippen LogP contribution in [-0.4, -0.2) is 19.3 Å². The van der Waals surface area contributed by atoms with E-state index in [1.165, 1.54) is 24.5 Å². The Kier molecular flexibility index (Phi) is 4.19. The lowest BCUT2D eigenvalue weighted by Crippen LogP contribution is -2.15. The smallest absolute Gasteiger partial charge is 0.261 e. The first-order valence-corrected chi connectivity index (χ1v) is 7.75. The first kappa shape index (κ1) is 15.3. The Balaban J connectivity index is 2.36. The third kappa shape index (κ3) is 3.53. The molecular formula is C12H7ClF2N2O3S. The molecule has 0 spiro atoms. The van der Waals surface area contributed by atoms with E-state index in [0.717, 1.165) is 0 Å². The van der Waals surface area contributed by atoms with Gasteiger partial charge in [-0.15, -0.1) is 0 Å². The van der Waals surface area contributed by atoms with E-state index in [0.29, 0.717) is 12.1 Å². The largest absolute Gasteiger partial charge is 0.317 e. The number of halogens is 3. The zero-order valence-corrected chi connectivity index (χ0v) is 11.8. The molecule has 1 amide bonds. The van der Waals surface area contributed by atoms with Gasteiger partial charge in [0.15, 0.2) is 11.6 Å². The Morgan fingerprint density at radius 3 is 2.33 bits per heavy atom. The van der Waals surface area contributed by atoms with E-state index >= 15 is 0 Å². The van der Waals surface area contributed by atoms with Gasteiger partial charge in [-0.3, -0.25) is 9.78 Å². The Morgan fingerprint density at radius 2 is 1.86 bits per heavy atom. The van der Waals surface area contributed by atoms with Crippen LogP contribution in [-0.2, 0) is 9.05 Å². The zero-order valence-electron chi connectivity index (χ0n) is 10.2. The van der Waals surface area contributed by atoms with Crippen molar-refractivity contribution in [3.05, 3.63) is 53.9 Å². The monoisotopic (exact) mass is 332 g/mol. The summed E-state index contributed by atoms with van der Waals surface area (Å²) < 4.78 is 49.5. The SMILES string of the molecule is O=C(Nc1c(F)cc(S(=O)(=O)Cl)cc1F)c1cccnc1. The molecule has 0 aliphatic rings. The molecule has 0 radical (unpaired) electrons. The quantitative estimate of drug-likeness (QED) is 0.876. The van der Waals surface area contributed by atoms with Crippen molar-refractivity contribution >= 4 is 31.3 Å². The highest BCUT2D eigenvalue weighted by molar-refractivity contribution is 8.13. The molecule has 0 aliphatic carbocycles. The molecular weight excluding hydrogens is 326 g/mol. The molecule has 0 fully saturated rings. The maximum Gasteiger partial charge on any atom is 0.261 e. The van der Waals surface area contributed by atoms with Gasteiger partial charge in [0.25, 0.3) is 15.0 Å². The topological polar surface area (TPSA) is 76.1 Å². The van der Waals surface area contributed by atoms with Crippen LogP contribution < -0.4 is 5.32 Å². The number of pyridine rings is 1. The van der Waals surface area contributed by atoms with Gasteiger partial charge in [-0.2, -0.15) is 0 Å². The number of hydrogen-bond acceptors (Lipinski definition) is 4. The molecule has 0 atom stereocenters. The number of anilines is 1. The van der Waals surface area contributed by atoms with Crippen molar-refractivity contribution in [3.8, 4) is 0 Å². The summed E-state index contributed by atoms with van der Waals surface area (Å²) in [5.74, 6) is -3.31. The maximum atomic E-state index is 13.7. The van der Waals surface area contributed by atoms with E-state index in [9.17, 15) is 22.0 Å². The molecule has 21 heavy (non-hydrogen) atoms. The van der Waals surface area contributed by atoms with Crippen LogP contribution in [0.25, 0.3) is 0 Å². The molecule has 0 aliphatic heterocycles. The first-order chi connectivity index (χ1) is 9.79. The van der Waals surface area contributed by atoms with Gasteiger partial charge in [0.1, 0.15) is 5.69 Å². The van der Waals surface area contributed by atoms with Crippen LogP contribution in [0.5, 0.6) is 0 Å². The van der Waals surface area contributed by atoms with E-state index in [4.69, 9.17) is 10.7 Å². The second kappa shape index (κ2) is 5.74. The molecule has 0 unspecified atom stereocenters. The summed E-state index contributed by atoms with van der Waals surface area (Å²) in [5.41, 5.74) is -0.682. The minimum Gasteiger partial charge on any atom is -0.317 e. The Morgan fingerprint density at radius 1 is 1.24 bits per heavy atom. The fourth-order valence-corrected chi connectivity index (χ4v) is 2.25. The van der Waals surface area contributed by atoms with Crippen molar-refractivity contribution in [2.75, 3.05) is 5.32 Å². The second-order valence-electron chi connectivity index (χ2n) is 3.90. The molecule has 2 rings (SSSR count). The van der Waals surface area contributed by atoms with Crippen molar-refractivity contribution in [1.29, 1.82) is 0 Å². The Bertz CT molecular complexity index is 774. The van der Waals surface area contributed by atoms with Crippen molar-refractivity contribution in [1.82, 2.24) is 4.98 Å². The minimum atomic E-state index is -4.28. The predicted octanol–water partition coefficient (Wildman–Crippen LogP) is 2.54. The lowest BCUT2D eigenvalue weighted by Gasteiger charge is -2.08. The summed E-state index contributed by atoms with van der Waals surface area (Å²) in [6, 6.07) is 3.91. The highest BCUT2D eigenvalue weighted by Crippen LogP contribution is 2.25. The predicted molar refractivity (Wildman–Crippen MR) is 71.6 cm³/mol. The Hall–Kier alpha value is -2.06. The van der Waals surface area contributed by atoms with Crippen LogP contribution in [0.4, 0.5) is 14.5 Å². The molecule has 1 aromatic heterocycles. The molecule has 1 N–H and O–H groups in total. The number of hydrogen-bond donors (Lipinski definition) is 1. The third-order valence-corrected chi connectivity index (χ3v) is 3.79. The maximum absolute atomic E-state index is 13.7. The molecule has 1 heterocycles. The van der Waals surface area contributed by atoms with Crippen LogP contribution >= 0.6 is 10.7 Å². The zero-order chi connectivity index (χ0) is 15.6. The van der Waals surface area contributed by atoms with E-state index in [1.807, 2.05) is 5.32 Å². The average molecular weight is 333 g/mol. The summed E-state index contributed by atoms with van der Waals surface area (Å²) in [7, 11) is 0.724. The van der Waals surface area contributed by atoms with Crippen LogP contribution in [0.1, 0.15) is 10.4 Å². The standard InChI is InChI=1S/C12H7ClF2N2O3S/c13-21(19,20)8-4-9(14)11(10(15)5-8)17-12(18)7-2-1-3-16-6-7/h1-6H,(H,17,18). The van der Waals surface area contributed by atoms with Gasteiger partial charge >= 0.3 is 0 Å². The molecule has 5 nitrogen and oxygen atoms in total. The number of benzene rings is 1. The number of nitrogens with one attached hydrogen (secondary N) is 1. The van der Waals surface area contributed by atoms with E-state index in [1.54, 1.807) is 0 Å². The molecule has 1 aromatic carbocycles.